The molecule has 0 aliphatic carbocycles. The molecule has 1 saturated heterocycles. The van der Waals surface area contributed by atoms with Crippen molar-refractivity contribution in [2.24, 2.45) is 0 Å². The third-order valence-corrected chi connectivity index (χ3v) is 3.11. The van der Waals surface area contributed by atoms with E-state index in [1.807, 2.05) is 42.5 Å². The highest BCUT2D eigenvalue weighted by atomic mass is 16.6. The van der Waals surface area contributed by atoms with Crippen LogP contribution in [0.2, 0.25) is 0 Å². The molecule has 22 heavy (non-hydrogen) atoms. The summed E-state index contributed by atoms with van der Waals surface area (Å²) in [5.74, 6) is 0. The monoisotopic (exact) mass is 294 g/mol. The minimum atomic E-state index is -0.249. The number of fused-ring (bicyclic) bond motifs is 1. The first kappa shape index (κ1) is 13.9. The molecular weight excluding hydrogens is 280 g/mol. The molecule has 4 rings (SSSR count). The van der Waals surface area contributed by atoms with E-state index in [4.69, 9.17) is 4.74 Å². The molecule has 0 spiro atoms. The number of hydrogen-bond acceptors (Lipinski definition) is 5. The Morgan fingerprint density at radius 3 is 2.59 bits per heavy atom. The number of amides is 1. The summed E-state index contributed by atoms with van der Waals surface area (Å²) in [5, 5.41) is 0. The number of nitrogens with zero attached hydrogens (tertiary/aromatic N) is 4. The Bertz CT molecular complexity index is 699. The van der Waals surface area contributed by atoms with Gasteiger partial charge >= 0.3 is 6.09 Å². The Labute approximate surface area is 127 Å². The molecule has 0 radical (unpaired) electrons. The summed E-state index contributed by atoms with van der Waals surface area (Å²) in [6.07, 6.45) is 4.69. The predicted octanol–water partition coefficient (Wildman–Crippen LogP) is 2.67. The lowest BCUT2D eigenvalue weighted by molar-refractivity contribution is 0.181. The van der Waals surface area contributed by atoms with Gasteiger partial charge < -0.3 is 4.74 Å². The average molecular weight is 294 g/mol. The normalized spacial score (nSPS) is 13.5. The molecule has 0 unspecified atom stereocenters. The molecule has 1 amide bonds. The number of para-hydroxylation sites is 1. The molecule has 3 aromatic rings. The summed E-state index contributed by atoms with van der Waals surface area (Å²) in [6.45, 7) is 1.15. The number of carbonyl (C=O) groups excluding carboxylic acids is 1. The molecule has 6 heteroatoms. The van der Waals surface area contributed by atoms with Crippen molar-refractivity contribution in [1.82, 2.24) is 15.0 Å². The second-order valence-electron chi connectivity index (χ2n) is 4.53. The van der Waals surface area contributed by atoms with Gasteiger partial charge in [-0.15, -0.1) is 0 Å². The summed E-state index contributed by atoms with van der Waals surface area (Å²) < 4.78 is 4.81. The van der Waals surface area contributed by atoms with Crippen LogP contribution in [0.4, 0.5) is 10.5 Å². The van der Waals surface area contributed by atoms with E-state index in [1.54, 1.807) is 17.3 Å². The molecule has 2 aromatic heterocycles. The standard InChI is InChI=1S/C9H9NO2.C7H5N3/c11-9-10(6-7-12-9)8-4-2-1-3-5-8;1-2-6-7(9-3-1)4-8-5-10-6/h1-5H,6-7H2;1-5H. The van der Waals surface area contributed by atoms with Crippen LogP contribution in [0.1, 0.15) is 0 Å². The maximum Gasteiger partial charge on any atom is 0.414 e. The van der Waals surface area contributed by atoms with Crippen LogP contribution in [0.25, 0.3) is 11.0 Å². The largest absolute Gasteiger partial charge is 0.447 e. The molecule has 1 aliphatic heterocycles. The Morgan fingerprint density at radius 1 is 1.00 bits per heavy atom. The van der Waals surface area contributed by atoms with Crippen LogP contribution < -0.4 is 4.90 Å². The molecule has 3 heterocycles. The number of rotatable bonds is 1. The third-order valence-electron chi connectivity index (χ3n) is 3.11. The van der Waals surface area contributed by atoms with Crippen LogP contribution >= 0.6 is 0 Å². The fourth-order valence-corrected chi connectivity index (χ4v) is 2.05. The Kier molecular flexibility index (Phi) is 4.20. The van der Waals surface area contributed by atoms with Gasteiger partial charge in [-0.3, -0.25) is 9.88 Å². The average Bonchev–Trinajstić information content (AvgIpc) is 3.02. The first-order valence-electron chi connectivity index (χ1n) is 6.85. The second kappa shape index (κ2) is 6.62. The molecule has 0 saturated carbocycles. The van der Waals surface area contributed by atoms with Crippen molar-refractivity contribution in [2.75, 3.05) is 18.1 Å². The van der Waals surface area contributed by atoms with Crippen molar-refractivity contribution in [1.29, 1.82) is 0 Å². The third kappa shape index (κ3) is 3.17. The van der Waals surface area contributed by atoms with Gasteiger partial charge in [0.05, 0.1) is 18.3 Å². The summed E-state index contributed by atoms with van der Waals surface area (Å²) in [6, 6.07) is 13.3. The predicted molar refractivity (Wildman–Crippen MR) is 82.5 cm³/mol. The highest BCUT2D eigenvalue weighted by Crippen LogP contribution is 2.17. The lowest BCUT2D eigenvalue weighted by Crippen LogP contribution is -2.22. The zero-order valence-corrected chi connectivity index (χ0v) is 11.8. The lowest BCUT2D eigenvalue weighted by atomic mass is 10.3. The number of benzene rings is 1. The van der Waals surface area contributed by atoms with E-state index in [9.17, 15) is 4.79 Å². The molecule has 0 atom stereocenters. The first-order valence-corrected chi connectivity index (χ1v) is 6.85. The van der Waals surface area contributed by atoms with Gasteiger partial charge in [0.25, 0.3) is 0 Å². The van der Waals surface area contributed by atoms with Crippen LogP contribution in [0.3, 0.4) is 0 Å². The topological polar surface area (TPSA) is 68.2 Å². The van der Waals surface area contributed by atoms with Gasteiger partial charge in [0.1, 0.15) is 18.5 Å². The molecule has 0 bridgehead atoms. The zero-order chi connectivity index (χ0) is 15.2. The fraction of sp³-hybridized carbons (Fsp3) is 0.125. The number of ether oxygens (including phenoxy) is 1. The molecule has 1 aromatic carbocycles. The molecule has 1 aliphatic rings. The van der Waals surface area contributed by atoms with E-state index in [1.165, 1.54) is 6.33 Å². The van der Waals surface area contributed by atoms with Crippen molar-refractivity contribution in [3.05, 3.63) is 61.2 Å². The quantitative estimate of drug-likeness (QED) is 0.690. The summed E-state index contributed by atoms with van der Waals surface area (Å²) in [5.41, 5.74) is 2.63. The number of aromatic nitrogens is 3. The van der Waals surface area contributed by atoms with Crippen molar-refractivity contribution in [2.45, 2.75) is 0 Å². The summed E-state index contributed by atoms with van der Waals surface area (Å²) >= 11 is 0. The van der Waals surface area contributed by atoms with Gasteiger partial charge in [-0.1, -0.05) is 18.2 Å². The maximum atomic E-state index is 11.1. The smallest absolute Gasteiger partial charge is 0.414 e. The summed E-state index contributed by atoms with van der Waals surface area (Å²) in [4.78, 5) is 24.6. The van der Waals surface area contributed by atoms with Crippen molar-refractivity contribution >= 4 is 22.8 Å². The summed E-state index contributed by atoms with van der Waals surface area (Å²) in [7, 11) is 0. The maximum absolute atomic E-state index is 11.1. The van der Waals surface area contributed by atoms with E-state index in [2.05, 4.69) is 15.0 Å². The Balaban J connectivity index is 0.000000133. The van der Waals surface area contributed by atoms with Gasteiger partial charge in [-0.25, -0.2) is 14.8 Å². The SMILES string of the molecule is O=C1OCCN1c1ccccc1.c1cnc2cncnc2c1. The van der Waals surface area contributed by atoms with Crippen LogP contribution in [0.5, 0.6) is 0 Å². The van der Waals surface area contributed by atoms with E-state index in [0.29, 0.717) is 13.2 Å². The van der Waals surface area contributed by atoms with Gasteiger partial charge in [0.2, 0.25) is 0 Å². The van der Waals surface area contributed by atoms with E-state index < -0.39 is 0 Å². The van der Waals surface area contributed by atoms with Crippen LogP contribution in [0, 0.1) is 0 Å². The number of pyridine rings is 1. The molecule has 110 valence electrons. The minimum absolute atomic E-state index is 0.249. The second-order valence-corrected chi connectivity index (χ2v) is 4.53. The zero-order valence-electron chi connectivity index (χ0n) is 11.8. The fourth-order valence-electron chi connectivity index (χ4n) is 2.05. The Morgan fingerprint density at radius 2 is 1.86 bits per heavy atom. The highest BCUT2D eigenvalue weighted by molar-refractivity contribution is 5.89. The van der Waals surface area contributed by atoms with E-state index in [0.717, 1.165) is 16.7 Å². The number of cyclic esters (lactones) is 1. The van der Waals surface area contributed by atoms with Gasteiger partial charge in [0, 0.05) is 11.9 Å². The van der Waals surface area contributed by atoms with Crippen molar-refractivity contribution in [3.8, 4) is 0 Å². The Hall–Kier alpha value is -3.02. The van der Waals surface area contributed by atoms with Gasteiger partial charge in [-0.2, -0.15) is 0 Å². The van der Waals surface area contributed by atoms with Crippen molar-refractivity contribution < 1.29 is 9.53 Å². The van der Waals surface area contributed by atoms with Crippen LogP contribution in [-0.4, -0.2) is 34.2 Å². The molecular formula is C16H14N4O2. The number of anilines is 1. The minimum Gasteiger partial charge on any atom is -0.447 e. The van der Waals surface area contributed by atoms with Gasteiger partial charge in [-0.05, 0) is 24.3 Å². The van der Waals surface area contributed by atoms with E-state index >= 15 is 0 Å². The first-order chi connectivity index (χ1) is 10.8. The number of carbonyl (C=O) groups is 1. The van der Waals surface area contributed by atoms with E-state index in [-0.39, 0.29) is 6.09 Å². The molecule has 6 nitrogen and oxygen atoms in total. The van der Waals surface area contributed by atoms with Crippen molar-refractivity contribution in [3.63, 3.8) is 0 Å². The molecule has 0 N–H and O–H groups in total. The van der Waals surface area contributed by atoms with Crippen LogP contribution in [-0.2, 0) is 4.74 Å². The van der Waals surface area contributed by atoms with Gasteiger partial charge in [0.15, 0.2) is 0 Å². The van der Waals surface area contributed by atoms with Crippen LogP contribution in [0.15, 0.2) is 61.2 Å². The number of hydrogen-bond donors (Lipinski definition) is 0. The molecule has 1 fully saturated rings. The lowest BCUT2D eigenvalue weighted by Gasteiger charge is -2.11. The highest BCUT2D eigenvalue weighted by Gasteiger charge is 2.22.